The second-order valence-corrected chi connectivity index (χ2v) is 4.33. The summed E-state index contributed by atoms with van der Waals surface area (Å²) < 4.78 is 41.4. The van der Waals surface area contributed by atoms with Crippen LogP contribution >= 0.6 is 15.9 Å². The van der Waals surface area contributed by atoms with Gasteiger partial charge in [0.05, 0.1) is 18.6 Å². The van der Waals surface area contributed by atoms with Crippen molar-refractivity contribution in [1.82, 2.24) is 0 Å². The van der Waals surface area contributed by atoms with Gasteiger partial charge >= 0.3 is 6.18 Å². The van der Waals surface area contributed by atoms with Crippen LogP contribution < -0.4 is 4.74 Å². The van der Waals surface area contributed by atoms with E-state index in [4.69, 9.17) is 4.74 Å². The van der Waals surface area contributed by atoms with E-state index in [0.29, 0.717) is 4.47 Å². The van der Waals surface area contributed by atoms with Crippen molar-refractivity contribution < 1.29 is 22.7 Å². The summed E-state index contributed by atoms with van der Waals surface area (Å²) in [6.45, 7) is 0.837. The number of alkyl halides is 3. The third-order valence-electron chi connectivity index (χ3n) is 1.96. The molecule has 0 bridgehead atoms. The minimum absolute atomic E-state index is 0.171. The van der Waals surface area contributed by atoms with Crippen LogP contribution in [0.25, 0.3) is 0 Å². The first-order valence-electron chi connectivity index (χ1n) is 4.79. The maximum Gasteiger partial charge on any atom is 0.392 e. The fourth-order valence-corrected chi connectivity index (χ4v) is 1.54. The van der Waals surface area contributed by atoms with Gasteiger partial charge in [-0.1, -0.05) is 15.9 Å². The van der Waals surface area contributed by atoms with E-state index in [2.05, 4.69) is 15.9 Å². The molecular formula is C11H10BrF3O2. The number of ketones is 1. The quantitative estimate of drug-likeness (QED) is 0.786. The summed E-state index contributed by atoms with van der Waals surface area (Å²) in [5.41, 5.74) is 0.265. The van der Waals surface area contributed by atoms with E-state index >= 15 is 0 Å². The molecule has 0 saturated carbocycles. The summed E-state index contributed by atoms with van der Waals surface area (Å²) >= 11 is 3.18. The minimum Gasteiger partial charge on any atom is -0.492 e. The number of hydrogen-bond donors (Lipinski definition) is 0. The molecule has 94 valence electrons. The maximum atomic E-state index is 11.9. The highest BCUT2D eigenvalue weighted by Gasteiger charge is 2.27. The normalized spacial score (nSPS) is 11.4. The van der Waals surface area contributed by atoms with E-state index in [1.165, 1.54) is 19.1 Å². The SMILES string of the molecule is CC(=O)c1cc(Br)ccc1OCCC(F)(F)F. The molecule has 2 nitrogen and oxygen atoms in total. The third-order valence-corrected chi connectivity index (χ3v) is 2.46. The molecule has 0 heterocycles. The predicted octanol–water partition coefficient (Wildman–Crippen LogP) is 3.98. The Morgan fingerprint density at radius 1 is 1.41 bits per heavy atom. The zero-order chi connectivity index (χ0) is 13.1. The average molecular weight is 311 g/mol. The van der Waals surface area contributed by atoms with Gasteiger partial charge < -0.3 is 4.74 Å². The number of hydrogen-bond acceptors (Lipinski definition) is 2. The molecule has 0 aliphatic carbocycles. The van der Waals surface area contributed by atoms with E-state index < -0.39 is 19.2 Å². The van der Waals surface area contributed by atoms with E-state index in [1.807, 2.05) is 0 Å². The van der Waals surface area contributed by atoms with Crippen LogP contribution in [0.15, 0.2) is 22.7 Å². The van der Waals surface area contributed by atoms with Crippen molar-refractivity contribution in [1.29, 1.82) is 0 Å². The summed E-state index contributed by atoms with van der Waals surface area (Å²) in [4.78, 5) is 11.3. The molecule has 1 rings (SSSR count). The first-order valence-corrected chi connectivity index (χ1v) is 5.59. The molecule has 1 aromatic carbocycles. The Morgan fingerprint density at radius 2 is 2.06 bits per heavy atom. The zero-order valence-electron chi connectivity index (χ0n) is 8.97. The first-order chi connectivity index (χ1) is 7.79. The molecule has 0 amide bonds. The van der Waals surface area contributed by atoms with Crippen LogP contribution in [0, 0.1) is 0 Å². The average Bonchev–Trinajstić information content (AvgIpc) is 2.18. The van der Waals surface area contributed by atoms with E-state index in [1.54, 1.807) is 6.07 Å². The molecular weight excluding hydrogens is 301 g/mol. The molecule has 1 aromatic rings. The smallest absolute Gasteiger partial charge is 0.392 e. The molecule has 0 aliphatic heterocycles. The molecule has 0 fully saturated rings. The third kappa shape index (κ3) is 4.77. The highest BCUT2D eigenvalue weighted by Crippen LogP contribution is 2.25. The molecule has 0 aromatic heterocycles. The van der Waals surface area contributed by atoms with E-state index in [0.717, 1.165) is 0 Å². The second-order valence-electron chi connectivity index (χ2n) is 3.41. The summed E-state index contributed by atoms with van der Waals surface area (Å²) in [5, 5.41) is 0. The number of carbonyl (C=O) groups excluding carboxylic acids is 1. The largest absolute Gasteiger partial charge is 0.492 e. The summed E-state index contributed by atoms with van der Waals surface area (Å²) in [6, 6.07) is 4.60. The molecule has 0 atom stereocenters. The van der Waals surface area contributed by atoms with Gasteiger partial charge in [-0.05, 0) is 25.1 Å². The fourth-order valence-electron chi connectivity index (χ4n) is 1.18. The zero-order valence-corrected chi connectivity index (χ0v) is 10.6. The lowest BCUT2D eigenvalue weighted by molar-refractivity contribution is -0.139. The van der Waals surface area contributed by atoms with Crippen LogP contribution in [-0.2, 0) is 0 Å². The summed E-state index contributed by atoms with van der Waals surface area (Å²) in [5.74, 6) is -0.0849. The van der Waals surface area contributed by atoms with Crippen LogP contribution in [0.2, 0.25) is 0 Å². The lowest BCUT2D eigenvalue weighted by Gasteiger charge is -2.11. The molecule has 0 radical (unpaired) electrons. The van der Waals surface area contributed by atoms with Crippen molar-refractivity contribution in [2.75, 3.05) is 6.61 Å². The minimum atomic E-state index is -4.26. The van der Waals surface area contributed by atoms with Crippen molar-refractivity contribution in [3.8, 4) is 5.75 Å². The lowest BCUT2D eigenvalue weighted by atomic mass is 10.1. The van der Waals surface area contributed by atoms with Gasteiger partial charge in [0.15, 0.2) is 5.78 Å². The van der Waals surface area contributed by atoms with Crippen LogP contribution in [0.1, 0.15) is 23.7 Å². The van der Waals surface area contributed by atoms with Crippen LogP contribution in [0.3, 0.4) is 0 Å². The Morgan fingerprint density at radius 3 is 2.59 bits per heavy atom. The van der Waals surface area contributed by atoms with Crippen molar-refractivity contribution >= 4 is 21.7 Å². The fraction of sp³-hybridized carbons (Fsp3) is 0.364. The Balaban J connectivity index is 2.74. The second kappa shape index (κ2) is 5.53. The van der Waals surface area contributed by atoms with Gasteiger partial charge in [0.2, 0.25) is 0 Å². The van der Waals surface area contributed by atoms with Gasteiger partial charge in [0.25, 0.3) is 0 Å². The summed E-state index contributed by atoms with van der Waals surface area (Å²) in [6.07, 6.45) is -5.30. The van der Waals surface area contributed by atoms with Crippen molar-refractivity contribution in [3.63, 3.8) is 0 Å². The number of halogens is 4. The molecule has 0 N–H and O–H groups in total. The van der Waals surface area contributed by atoms with Crippen molar-refractivity contribution in [2.45, 2.75) is 19.5 Å². The first kappa shape index (κ1) is 14.0. The van der Waals surface area contributed by atoms with E-state index in [9.17, 15) is 18.0 Å². The Kier molecular flexibility index (Phi) is 4.56. The van der Waals surface area contributed by atoms with Gasteiger partial charge in [0, 0.05) is 4.47 Å². The highest BCUT2D eigenvalue weighted by molar-refractivity contribution is 9.10. The van der Waals surface area contributed by atoms with Crippen molar-refractivity contribution in [2.24, 2.45) is 0 Å². The highest BCUT2D eigenvalue weighted by atomic mass is 79.9. The van der Waals surface area contributed by atoms with Gasteiger partial charge in [-0.2, -0.15) is 13.2 Å². The molecule has 0 unspecified atom stereocenters. The van der Waals surface area contributed by atoms with Crippen LogP contribution in [0.4, 0.5) is 13.2 Å². The maximum absolute atomic E-state index is 11.9. The Labute approximate surface area is 105 Å². The predicted molar refractivity (Wildman–Crippen MR) is 60.3 cm³/mol. The number of Topliss-reactive ketones (excluding diaryl/α,β-unsaturated/α-hetero) is 1. The lowest BCUT2D eigenvalue weighted by Crippen LogP contribution is -2.13. The van der Waals surface area contributed by atoms with Crippen LogP contribution in [-0.4, -0.2) is 18.6 Å². The molecule has 6 heteroatoms. The van der Waals surface area contributed by atoms with Gasteiger partial charge in [-0.3, -0.25) is 4.79 Å². The van der Waals surface area contributed by atoms with Gasteiger partial charge in [-0.25, -0.2) is 0 Å². The molecule has 0 spiro atoms. The number of rotatable bonds is 4. The van der Waals surface area contributed by atoms with Crippen LogP contribution in [0.5, 0.6) is 5.75 Å². The monoisotopic (exact) mass is 310 g/mol. The molecule has 0 aliphatic rings. The Hall–Kier alpha value is -1.04. The summed E-state index contributed by atoms with van der Waals surface area (Å²) in [7, 11) is 0. The molecule has 17 heavy (non-hydrogen) atoms. The number of ether oxygens (including phenoxy) is 1. The van der Waals surface area contributed by atoms with Crippen molar-refractivity contribution in [3.05, 3.63) is 28.2 Å². The topological polar surface area (TPSA) is 26.3 Å². The number of benzene rings is 1. The van der Waals surface area contributed by atoms with Gasteiger partial charge in [0.1, 0.15) is 5.75 Å². The molecule has 0 saturated heterocycles. The Bertz CT molecular complexity index is 416. The number of carbonyl (C=O) groups is 1. The van der Waals surface area contributed by atoms with Gasteiger partial charge in [-0.15, -0.1) is 0 Å². The standard InChI is InChI=1S/C11H10BrF3O2/c1-7(16)9-6-8(12)2-3-10(9)17-5-4-11(13,14)15/h2-3,6H,4-5H2,1H3. The van der Waals surface area contributed by atoms with E-state index in [-0.39, 0.29) is 17.1 Å².